The molecule has 0 aromatic carbocycles. The Morgan fingerprint density at radius 2 is 2.19 bits per heavy atom. The molecular formula is C9H9F3N2O2. The number of halogens is 3. The number of nitrogens with zero attached hydrogens (tertiary/aromatic N) is 2. The van der Waals surface area contributed by atoms with Crippen LogP contribution in [0.5, 0.6) is 0 Å². The highest BCUT2D eigenvalue weighted by Gasteiger charge is 2.43. The Kier molecular flexibility index (Phi) is 2.40. The van der Waals surface area contributed by atoms with Gasteiger partial charge in [0.1, 0.15) is 0 Å². The van der Waals surface area contributed by atoms with E-state index in [4.69, 9.17) is 4.52 Å². The monoisotopic (exact) mass is 234 g/mol. The van der Waals surface area contributed by atoms with Crippen LogP contribution in [0.1, 0.15) is 17.0 Å². The average molecular weight is 234 g/mol. The number of amides is 1. The summed E-state index contributed by atoms with van der Waals surface area (Å²) in [6.45, 7) is 1.62. The van der Waals surface area contributed by atoms with Gasteiger partial charge >= 0.3 is 12.1 Å². The fourth-order valence-corrected chi connectivity index (χ4v) is 1.73. The lowest BCUT2D eigenvalue weighted by atomic mass is 10.1. The summed E-state index contributed by atoms with van der Waals surface area (Å²) in [7, 11) is 0. The summed E-state index contributed by atoms with van der Waals surface area (Å²) in [5, 5.41) is 3.66. The molecule has 2 heterocycles. The van der Waals surface area contributed by atoms with Gasteiger partial charge < -0.3 is 9.42 Å². The second kappa shape index (κ2) is 3.50. The predicted octanol–water partition coefficient (Wildman–Crippen LogP) is 1.43. The lowest BCUT2D eigenvalue weighted by molar-refractivity contribution is -0.186. The van der Waals surface area contributed by atoms with Gasteiger partial charge in [0.15, 0.2) is 5.76 Å². The van der Waals surface area contributed by atoms with E-state index >= 15 is 0 Å². The van der Waals surface area contributed by atoms with Crippen LogP contribution in [0.4, 0.5) is 13.2 Å². The first-order chi connectivity index (χ1) is 7.39. The fourth-order valence-electron chi connectivity index (χ4n) is 1.73. The van der Waals surface area contributed by atoms with E-state index in [1.54, 1.807) is 6.92 Å². The van der Waals surface area contributed by atoms with Gasteiger partial charge in [0.25, 0.3) is 0 Å². The summed E-state index contributed by atoms with van der Waals surface area (Å²) in [4.78, 5) is 11.7. The number of alkyl halides is 3. The molecule has 4 nitrogen and oxygen atoms in total. The van der Waals surface area contributed by atoms with E-state index in [9.17, 15) is 18.0 Å². The first-order valence-corrected chi connectivity index (χ1v) is 4.69. The Labute approximate surface area is 89.0 Å². The molecule has 0 bridgehead atoms. The van der Waals surface area contributed by atoms with Crippen molar-refractivity contribution in [2.45, 2.75) is 26.1 Å². The van der Waals surface area contributed by atoms with Crippen molar-refractivity contribution in [2.75, 3.05) is 6.54 Å². The Bertz CT molecular complexity index is 425. The van der Waals surface area contributed by atoms with Crippen LogP contribution in [0.3, 0.4) is 0 Å². The molecule has 88 valence electrons. The Morgan fingerprint density at radius 1 is 1.50 bits per heavy atom. The largest absolute Gasteiger partial charge is 0.471 e. The highest BCUT2D eigenvalue weighted by atomic mass is 19.4. The minimum Gasteiger partial charge on any atom is -0.359 e. The van der Waals surface area contributed by atoms with Gasteiger partial charge in [-0.2, -0.15) is 13.2 Å². The molecule has 0 N–H and O–H groups in total. The van der Waals surface area contributed by atoms with E-state index in [1.165, 1.54) is 0 Å². The first kappa shape index (κ1) is 11.0. The number of hydrogen-bond acceptors (Lipinski definition) is 3. The molecule has 7 heteroatoms. The lowest BCUT2D eigenvalue weighted by Gasteiger charge is -2.26. The third-order valence-corrected chi connectivity index (χ3v) is 2.56. The van der Waals surface area contributed by atoms with Gasteiger partial charge in [-0.05, 0) is 13.3 Å². The Hall–Kier alpha value is -1.53. The molecule has 0 radical (unpaired) electrons. The number of carbonyl (C=O) groups is 1. The summed E-state index contributed by atoms with van der Waals surface area (Å²) < 4.78 is 41.4. The minimum absolute atomic E-state index is 0.0490. The zero-order valence-electron chi connectivity index (χ0n) is 8.47. The molecule has 0 saturated heterocycles. The number of carbonyl (C=O) groups excluding carboxylic acids is 1. The maximum absolute atomic E-state index is 12.2. The molecule has 1 amide bonds. The summed E-state index contributed by atoms with van der Waals surface area (Å²) in [5.74, 6) is -1.48. The molecule has 1 aliphatic heterocycles. The van der Waals surface area contributed by atoms with Crippen LogP contribution < -0.4 is 0 Å². The molecule has 0 aliphatic carbocycles. The van der Waals surface area contributed by atoms with Crippen molar-refractivity contribution >= 4 is 5.91 Å². The summed E-state index contributed by atoms with van der Waals surface area (Å²) in [6.07, 6.45) is -4.47. The Balaban J connectivity index is 2.17. The maximum atomic E-state index is 12.2. The van der Waals surface area contributed by atoms with E-state index in [0.29, 0.717) is 17.9 Å². The van der Waals surface area contributed by atoms with Gasteiger partial charge in [-0.25, -0.2) is 0 Å². The number of hydrogen-bond donors (Lipinski definition) is 0. The van der Waals surface area contributed by atoms with Gasteiger partial charge in [-0.1, -0.05) is 5.16 Å². The Morgan fingerprint density at radius 3 is 2.81 bits per heavy atom. The van der Waals surface area contributed by atoms with E-state index in [0.717, 1.165) is 10.5 Å². The van der Waals surface area contributed by atoms with Crippen LogP contribution in [0.15, 0.2) is 4.52 Å². The van der Waals surface area contributed by atoms with Gasteiger partial charge in [0.05, 0.1) is 12.2 Å². The number of aryl methyl sites for hydroxylation is 1. The van der Waals surface area contributed by atoms with E-state index < -0.39 is 12.1 Å². The highest BCUT2D eigenvalue weighted by Crippen LogP contribution is 2.26. The van der Waals surface area contributed by atoms with Crippen molar-refractivity contribution in [2.24, 2.45) is 0 Å². The molecule has 1 aromatic heterocycles. The van der Waals surface area contributed by atoms with E-state index in [2.05, 4.69) is 5.16 Å². The summed E-state index contributed by atoms with van der Waals surface area (Å²) in [5.41, 5.74) is 1.49. The molecule has 0 fully saturated rings. The topological polar surface area (TPSA) is 46.3 Å². The van der Waals surface area contributed by atoms with Crippen molar-refractivity contribution in [3.8, 4) is 0 Å². The van der Waals surface area contributed by atoms with E-state index in [1.807, 2.05) is 0 Å². The van der Waals surface area contributed by atoms with Gasteiger partial charge in [0.2, 0.25) is 0 Å². The van der Waals surface area contributed by atoms with Gasteiger partial charge in [-0.3, -0.25) is 4.79 Å². The van der Waals surface area contributed by atoms with Crippen molar-refractivity contribution in [1.29, 1.82) is 0 Å². The SMILES string of the molecule is Cc1noc2c1CCN(C(=O)C(F)(F)F)C2. The third kappa shape index (κ3) is 1.77. The fraction of sp³-hybridized carbons (Fsp3) is 0.556. The first-order valence-electron chi connectivity index (χ1n) is 4.69. The van der Waals surface area contributed by atoms with Crippen LogP contribution in [0, 0.1) is 6.92 Å². The quantitative estimate of drug-likeness (QED) is 0.682. The van der Waals surface area contributed by atoms with Crippen LogP contribution in [-0.4, -0.2) is 28.7 Å². The molecule has 16 heavy (non-hydrogen) atoms. The second-order valence-corrected chi connectivity index (χ2v) is 3.64. The minimum atomic E-state index is -4.83. The van der Waals surface area contributed by atoms with Crippen molar-refractivity contribution < 1.29 is 22.5 Å². The standard InChI is InChI=1S/C9H9F3N2O2/c1-5-6-2-3-14(4-7(6)16-13-5)8(15)9(10,11)12/h2-4H2,1H3. The van der Waals surface area contributed by atoms with Crippen LogP contribution in [0.25, 0.3) is 0 Å². The second-order valence-electron chi connectivity index (χ2n) is 3.64. The predicted molar refractivity (Wildman–Crippen MR) is 46.4 cm³/mol. The summed E-state index contributed by atoms with van der Waals surface area (Å²) >= 11 is 0. The number of rotatable bonds is 0. The van der Waals surface area contributed by atoms with E-state index in [-0.39, 0.29) is 13.1 Å². The van der Waals surface area contributed by atoms with Crippen molar-refractivity contribution in [1.82, 2.24) is 10.1 Å². The number of fused-ring (bicyclic) bond motifs is 1. The van der Waals surface area contributed by atoms with Gasteiger partial charge in [0, 0.05) is 12.1 Å². The van der Waals surface area contributed by atoms with Crippen LogP contribution in [-0.2, 0) is 17.8 Å². The molecule has 0 unspecified atom stereocenters. The molecule has 0 saturated carbocycles. The third-order valence-electron chi connectivity index (χ3n) is 2.56. The number of aromatic nitrogens is 1. The molecule has 1 aliphatic rings. The summed E-state index contributed by atoms with van der Waals surface area (Å²) in [6, 6.07) is 0. The van der Waals surface area contributed by atoms with Gasteiger partial charge in [-0.15, -0.1) is 0 Å². The average Bonchev–Trinajstić information content (AvgIpc) is 2.57. The van der Waals surface area contributed by atoms with Crippen molar-refractivity contribution in [3.05, 3.63) is 17.0 Å². The molecule has 0 spiro atoms. The van der Waals surface area contributed by atoms with Crippen LogP contribution >= 0.6 is 0 Å². The smallest absolute Gasteiger partial charge is 0.359 e. The molecular weight excluding hydrogens is 225 g/mol. The molecule has 0 atom stereocenters. The zero-order valence-corrected chi connectivity index (χ0v) is 8.47. The highest BCUT2D eigenvalue weighted by molar-refractivity contribution is 5.82. The van der Waals surface area contributed by atoms with Crippen LogP contribution in [0.2, 0.25) is 0 Å². The van der Waals surface area contributed by atoms with Crippen molar-refractivity contribution in [3.63, 3.8) is 0 Å². The molecule has 2 rings (SSSR count). The lowest BCUT2D eigenvalue weighted by Crippen LogP contribution is -2.43. The zero-order chi connectivity index (χ0) is 11.9. The molecule has 1 aromatic rings. The maximum Gasteiger partial charge on any atom is 0.471 e. The normalized spacial score (nSPS) is 16.1.